The fourth-order valence-electron chi connectivity index (χ4n) is 2.27. The molecule has 1 unspecified atom stereocenters. The summed E-state index contributed by atoms with van der Waals surface area (Å²) in [4.78, 5) is 10.9. The molecule has 1 atom stereocenters. The van der Waals surface area contributed by atoms with Crippen molar-refractivity contribution >= 4 is 5.97 Å². The monoisotopic (exact) mass is 310 g/mol. The maximum absolute atomic E-state index is 10.9. The van der Waals surface area contributed by atoms with Crippen LogP contribution in [0.25, 0.3) is 0 Å². The Morgan fingerprint density at radius 2 is 1.68 bits per heavy atom. The van der Waals surface area contributed by atoms with E-state index in [0.29, 0.717) is 6.42 Å². The largest absolute Gasteiger partial charge is 0.469 e. The zero-order valence-electron chi connectivity index (χ0n) is 14.4. The predicted molar refractivity (Wildman–Crippen MR) is 92.8 cm³/mol. The highest BCUT2D eigenvalue weighted by Crippen LogP contribution is 2.12. The number of carbonyl (C=O) groups is 1. The molecule has 22 heavy (non-hydrogen) atoms. The van der Waals surface area contributed by atoms with Gasteiger partial charge in [0, 0.05) is 6.42 Å². The molecule has 0 fully saturated rings. The first-order valence-electron chi connectivity index (χ1n) is 8.75. The molecule has 128 valence electrons. The second kappa shape index (κ2) is 16.3. The number of esters is 1. The van der Waals surface area contributed by atoms with Crippen LogP contribution in [-0.4, -0.2) is 24.3 Å². The summed E-state index contributed by atoms with van der Waals surface area (Å²) in [6.45, 7) is 2.13. The van der Waals surface area contributed by atoms with Crippen molar-refractivity contribution in [3.63, 3.8) is 0 Å². The molecule has 0 heterocycles. The molecule has 0 rings (SSSR count). The number of rotatable bonds is 14. The maximum Gasteiger partial charge on any atom is 0.305 e. The third kappa shape index (κ3) is 15.3. The van der Waals surface area contributed by atoms with E-state index in [4.69, 9.17) is 0 Å². The van der Waals surface area contributed by atoms with Crippen LogP contribution in [0.3, 0.4) is 0 Å². The van der Waals surface area contributed by atoms with Crippen molar-refractivity contribution in [3.05, 3.63) is 24.3 Å². The summed E-state index contributed by atoms with van der Waals surface area (Å²) in [6.07, 6.45) is 19.1. The summed E-state index contributed by atoms with van der Waals surface area (Å²) in [5.74, 6) is -0.117. The summed E-state index contributed by atoms with van der Waals surface area (Å²) in [5.41, 5.74) is 0. The number of aliphatic hydroxyl groups is 1. The fraction of sp³-hybridized carbons (Fsp3) is 0.737. The summed E-state index contributed by atoms with van der Waals surface area (Å²) < 4.78 is 4.60. The third-order valence-electron chi connectivity index (χ3n) is 3.65. The Balaban J connectivity index is 3.34. The average Bonchev–Trinajstić information content (AvgIpc) is 2.52. The quantitative estimate of drug-likeness (QED) is 0.281. The maximum atomic E-state index is 10.9. The normalized spacial score (nSPS) is 13.0. The number of ether oxygens (including phenoxy) is 1. The lowest BCUT2D eigenvalue weighted by molar-refractivity contribution is -0.140. The Bertz CT molecular complexity index is 308. The minimum Gasteiger partial charge on any atom is -0.469 e. The number of carbonyl (C=O) groups excluding carboxylic acids is 1. The smallest absolute Gasteiger partial charge is 0.305 e. The van der Waals surface area contributed by atoms with Gasteiger partial charge in [-0.1, -0.05) is 56.9 Å². The van der Waals surface area contributed by atoms with Gasteiger partial charge in [0.15, 0.2) is 0 Å². The van der Waals surface area contributed by atoms with E-state index >= 15 is 0 Å². The number of hydrogen-bond donors (Lipinski definition) is 1. The van der Waals surface area contributed by atoms with Gasteiger partial charge in [-0.2, -0.15) is 0 Å². The number of unbranched alkanes of at least 4 members (excludes halogenated alkanes) is 4. The zero-order chi connectivity index (χ0) is 16.5. The summed E-state index contributed by atoms with van der Waals surface area (Å²) in [6, 6.07) is 0. The Morgan fingerprint density at radius 1 is 1.00 bits per heavy atom. The Hall–Kier alpha value is -1.09. The Morgan fingerprint density at radius 3 is 2.41 bits per heavy atom. The van der Waals surface area contributed by atoms with Crippen molar-refractivity contribution in [3.8, 4) is 0 Å². The van der Waals surface area contributed by atoms with E-state index in [2.05, 4.69) is 36.0 Å². The molecule has 0 amide bonds. The van der Waals surface area contributed by atoms with Crippen LogP contribution >= 0.6 is 0 Å². The second-order valence-corrected chi connectivity index (χ2v) is 5.70. The van der Waals surface area contributed by atoms with Crippen LogP contribution in [0.4, 0.5) is 0 Å². The Kier molecular flexibility index (Phi) is 15.5. The lowest BCUT2D eigenvalue weighted by atomic mass is 10.0. The highest BCUT2D eigenvalue weighted by Gasteiger charge is 2.03. The summed E-state index contributed by atoms with van der Waals surface area (Å²) >= 11 is 0. The van der Waals surface area contributed by atoms with Gasteiger partial charge in [0.25, 0.3) is 0 Å². The number of hydrogen-bond acceptors (Lipinski definition) is 3. The first-order chi connectivity index (χ1) is 10.7. The third-order valence-corrected chi connectivity index (χ3v) is 3.65. The van der Waals surface area contributed by atoms with Gasteiger partial charge in [0.05, 0.1) is 13.2 Å². The highest BCUT2D eigenvalue weighted by molar-refractivity contribution is 5.68. The van der Waals surface area contributed by atoms with Gasteiger partial charge in [0.1, 0.15) is 0 Å². The molecule has 0 radical (unpaired) electrons. The molecule has 0 aromatic carbocycles. The molecule has 0 saturated carbocycles. The first kappa shape index (κ1) is 20.9. The lowest BCUT2D eigenvalue weighted by Crippen LogP contribution is -2.05. The zero-order valence-corrected chi connectivity index (χ0v) is 14.4. The van der Waals surface area contributed by atoms with Crippen molar-refractivity contribution in [1.82, 2.24) is 0 Å². The van der Waals surface area contributed by atoms with Crippen molar-refractivity contribution < 1.29 is 14.6 Å². The van der Waals surface area contributed by atoms with Crippen molar-refractivity contribution in [2.24, 2.45) is 0 Å². The lowest BCUT2D eigenvalue weighted by Gasteiger charge is -2.08. The van der Waals surface area contributed by atoms with Gasteiger partial charge >= 0.3 is 5.97 Å². The fourth-order valence-corrected chi connectivity index (χ4v) is 2.27. The van der Waals surface area contributed by atoms with Gasteiger partial charge in [-0.3, -0.25) is 4.79 Å². The van der Waals surface area contributed by atoms with Crippen molar-refractivity contribution in [1.29, 1.82) is 0 Å². The standard InChI is InChI=1S/C19H34O3/c1-3-4-5-6-7-9-12-15-18(20)16-13-10-8-11-14-17-19(21)22-2/h4-5,7,9,18,20H,3,6,8,10-17H2,1-2H3. The van der Waals surface area contributed by atoms with E-state index in [1.165, 1.54) is 7.11 Å². The van der Waals surface area contributed by atoms with Gasteiger partial charge in [-0.15, -0.1) is 0 Å². The molecule has 0 saturated heterocycles. The van der Waals surface area contributed by atoms with Crippen LogP contribution in [0.15, 0.2) is 24.3 Å². The van der Waals surface area contributed by atoms with Crippen LogP contribution in [0.1, 0.15) is 77.6 Å². The van der Waals surface area contributed by atoms with Crippen molar-refractivity contribution in [2.45, 2.75) is 83.7 Å². The second-order valence-electron chi connectivity index (χ2n) is 5.70. The van der Waals surface area contributed by atoms with Crippen LogP contribution in [0.2, 0.25) is 0 Å². The molecule has 0 bridgehead atoms. The van der Waals surface area contributed by atoms with Crippen LogP contribution in [-0.2, 0) is 9.53 Å². The van der Waals surface area contributed by atoms with E-state index in [9.17, 15) is 9.90 Å². The molecule has 0 spiro atoms. The topological polar surface area (TPSA) is 46.5 Å². The highest BCUT2D eigenvalue weighted by atomic mass is 16.5. The van der Waals surface area contributed by atoms with E-state index in [-0.39, 0.29) is 12.1 Å². The van der Waals surface area contributed by atoms with Gasteiger partial charge in [-0.25, -0.2) is 0 Å². The molecule has 0 aliphatic heterocycles. The molecule has 0 aliphatic carbocycles. The number of allylic oxidation sites excluding steroid dienone is 4. The van der Waals surface area contributed by atoms with Crippen LogP contribution in [0, 0.1) is 0 Å². The van der Waals surface area contributed by atoms with E-state index in [1.54, 1.807) is 0 Å². The predicted octanol–water partition coefficient (Wildman–Crippen LogP) is 4.94. The van der Waals surface area contributed by atoms with E-state index in [1.807, 2.05) is 0 Å². The summed E-state index contributed by atoms with van der Waals surface area (Å²) in [5, 5.41) is 9.89. The molecular weight excluding hydrogens is 276 g/mol. The Labute approximate surface area is 136 Å². The van der Waals surface area contributed by atoms with E-state index in [0.717, 1.165) is 64.2 Å². The molecule has 1 N–H and O–H groups in total. The summed E-state index contributed by atoms with van der Waals surface area (Å²) in [7, 11) is 1.43. The number of methoxy groups -OCH3 is 1. The van der Waals surface area contributed by atoms with E-state index < -0.39 is 0 Å². The molecule has 0 aliphatic rings. The SMILES string of the molecule is CCC=CCC=CCCC(O)CCCCCCCC(=O)OC. The first-order valence-corrected chi connectivity index (χ1v) is 8.75. The van der Waals surface area contributed by atoms with Crippen molar-refractivity contribution in [2.75, 3.05) is 7.11 Å². The van der Waals surface area contributed by atoms with Gasteiger partial charge in [0.2, 0.25) is 0 Å². The molecule has 3 nitrogen and oxygen atoms in total. The molecule has 0 aromatic rings. The molecular formula is C19H34O3. The minimum atomic E-state index is -0.175. The van der Waals surface area contributed by atoms with Gasteiger partial charge < -0.3 is 9.84 Å². The molecule has 3 heteroatoms. The minimum absolute atomic E-state index is 0.117. The average molecular weight is 310 g/mol. The molecule has 0 aromatic heterocycles. The van der Waals surface area contributed by atoms with Crippen LogP contribution in [0.5, 0.6) is 0 Å². The number of aliphatic hydroxyl groups excluding tert-OH is 1. The van der Waals surface area contributed by atoms with Crippen LogP contribution < -0.4 is 0 Å². The van der Waals surface area contributed by atoms with Gasteiger partial charge in [-0.05, 0) is 38.5 Å².